The quantitative estimate of drug-likeness (QED) is 0.742. The lowest BCUT2D eigenvalue weighted by Crippen LogP contribution is -2.39. The Morgan fingerprint density at radius 1 is 1.21 bits per heavy atom. The first-order chi connectivity index (χ1) is 9.15. The Morgan fingerprint density at radius 3 is 2.47 bits per heavy atom. The van der Waals surface area contributed by atoms with Crippen molar-refractivity contribution < 1.29 is 9.59 Å². The Labute approximate surface area is 111 Å². The van der Waals surface area contributed by atoms with Crippen LogP contribution in [0.5, 0.6) is 0 Å². The summed E-state index contributed by atoms with van der Waals surface area (Å²) in [6.07, 6.45) is 0.850. The predicted octanol–water partition coefficient (Wildman–Crippen LogP) is 1.21. The van der Waals surface area contributed by atoms with Crippen LogP contribution in [0.25, 0.3) is 0 Å². The van der Waals surface area contributed by atoms with Crippen LogP contribution in [0.4, 0.5) is 10.5 Å². The predicted molar refractivity (Wildman–Crippen MR) is 71.5 cm³/mol. The highest BCUT2D eigenvalue weighted by atomic mass is 16.2. The van der Waals surface area contributed by atoms with Crippen LogP contribution < -0.4 is 16.0 Å². The molecule has 0 aromatic heterocycles. The molecule has 100 valence electrons. The molecular formula is C13H16N4O2. The highest BCUT2D eigenvalue weighted by Crippen LogP contribution is 2.08. The van der Waals surface area contributed by atoms with Crippen molar-refractivity contribution in [1.82, 2.24) is 10.6 Å². The molecule has 0 aliphatic heterocycles. The van der Waals surface area contributed by atoms with Crippen LogP contribution in [-0.2, 0) is 4.79 Å². The molecule has 0 bridgehead atoms. The molecule has 0 spiro atoms. The molecule has 0 aliphatic carbocycles. The van der Waals surface area contributed by atoms with Crippen molar-refractivity contribution in [2.45, 2.75) is 13.3 Å². The molecular weight excluding hydrogens is 244 g/mol. The molecule has 1 aromatic carbocycles. The summed E-state index contributed by atoms with van der Waals surface area (Å²) in [6, 6.07) is 7.97. The van der Waals surface area contributed by atoms with Crippen molar-refractivity contribution in [3.05, 3.63) is 29.8 Å². The molecule has 0 heterocycles. The standard InChI is InChI=1S/C13H16N4O2/c1-2-7-15-12(18)9-16-13(19)17-11-5-3-10(8-14)4-6-11/h3-6H,2,7,9H2,1H3,(H,15,18)(H2,16,17,19). The van der Waals surface area contributed by atoms with Gasteiger partial charge in [0.2, 0.25) is 5.91 Å². The molecule has 0 unspecified atom stereocenters. The number of nitrogens with one attached hydrogen (secondary N) is 3. The minimum absolute atomic E-state index is 0.0673. The van der Waals surface area contributed by atoms with E-state index in [1.54, 1.807) is 24.3 Å². The van der Waals surface area contributed by atoms with E-state index in [1.165, 1.54) is 0 Å². The van der Waals surface area contributed by atoms with Gasteiger partial charge in [-0.05, 0) is 30.7 Å². The maximum atomic E-state index is 11.5. The van der Waals surface area contributed by atoms with Crippen LogP contribution in [0.15, 0.2) is 24.3 Å². The van der Waals surface area contributed by atoms with Gasteiger partial charge in [0.1, 0.15) is 0 Å². The molecule has 0 atom stereocenters. The first-order valence-corrected chi connectivity index (χ1v) is 5.97. The van der Waals surface area contributed by atoms with Gasteiger partial charge in [-0.3, -0.25) is 4.79 Å². The first-order valence-electron chi connectivity index (χ1n) is 5.97. The van der Waals surface area contributed by atoms with Crippen LogP contribution in [-0.4, -0.2) is 25.0 Å². The molecule has 3 N–H and O–H groups in total. The molecule has 1 aromatic rings. The summed E-state index contributed by atoms with van der Waals surface area (Å²) >= 11 is 0. The van der Waals surface area contributed by atoms with Crippen LogP contribution in [0.2, 0.25) is 0 Å². The lowest BCUT2D eigenvalue weighted by Gasteiger charge is -2.07. The van der Waals surface area contributed by atoms with E-state index in [1.807, 2.05) is 13.0 Å². The minimum Gasteiger partial charge on any atom is -0.355 e. The Bertz CT molecular complexity index is 476. The molecule has 0 fully saturated rings. The number of rotatable bonds is 5. The minimum atomic E-state index is -0.462. The molecule has 6 nitrogen and oxygen atoms in total. The SMILES string of the molecule is CCCNC(=O)CNC(=O)Nc1ccc(C#N)cc1. The van der Waals surface area contributed by atoms with E-state index in [9.17, 15) is 9.59 Å². The molecule has 0 radical (unpaired) electrons. The number of carbonyl (C=O) groups is 2. The average Bonchev–Trinajstić information content (AvgIpc) is 2.43. The van der Waals surface area contributed by atoms with Gasteiger partial charge >= 0.3 is 6.03 Å². The number of nitriles is 1. The highest BCUT2D eigenvalue weighted by molar-refractivity contribution is 5.92. The fraction of sp³-hybridized carbons (Fsp3) is 0.308. The van der Waals surface area contributed by atoms with Crippen molar-refractivity contribution in [2.24, 2.45) is 0 Å². The van der Waals surface area contributed by atoms with Gasteiger partial charge in [0, 0.05) is 12.2 Å². The van der Waals surface area contributed by atoms with Gasteiger partial charge < -0.3 is 16.0 Å². The van der Waals surface area contributed by atoms with Gasteiger partial charge in [-0.2, -0.15) is 5.26 Å². The van der Waals surface area contributed by atoms with Crippen molar-refractivity contribution in [3.63, 3.8) is 0 Å². The van der Waals surface area contributed by atoms with Gasteiger partial charge in [0.25, 0.3) is 0 Å². The molecule has 0 aliphatic rings. The number of amides is 3. The normalized spacial score (nSPS) is 9.26. The number of anilines is 1. The fourth-order valence-electron chi connectivity index (χ4n) is 1.29. The van der Waals surface area contributed by atoms with E-state index in [2.05, 4.69) is 16.0 Å². The number of carbonyl (C=O) groups excluding carboxylic acids is 2. The maximum absolute atomic E-state index is 11.5. The summed E-state index contributed by atoms with van der Waals surface area (Å²) in [5, 5.41) is 16.3. The molecule has 19 heavy (non-hydrogen) atoms. The lowest BCUT2D eigenvalue weighted by atomic mass is 10.2. The third kappa shape index (κ3) is 5.55. The van der Waals surface area contributed by atoms with E-state index in [4.69, 9.17) is 5.26 Å². The van der Waals surface area contributed by atoms with E-state index in [-0.39, 0.29) is 12.5 Å². The summed E-state index contributed by atoms with van der Waals surface area (Å²) < 4.78 is 0. The summed E-state index contributed by atoms with van der Waals surface area (Å²) in [6.45, 7) is 2.48. The van der Waals surface area contributed by atoms with E-state index >= 15 is 0 Å². The van der Waals surface area contributed by atoms with Gasteiger partial charge in [-0.1, -0.05) is 6.92 Å². The topological polar surface area (TPSA) is 94.0 Å². The highest BCUT2D eigenvalue weighted by Gasteiger charge is 2.04. The maximum Gasteiger partial charge on any atom is 0.319 e. The number of urea groups is 1. The second kappa shape index (κ2) is 7.71. The Hall–Kier alpha value is -2.55. The van der Waals surface area contributed by atoms with Crippen LogP contribution in [0.1, 0.15) is 18.9 Å². The molecule has 3 amide bonds. The second-order valence-corrected chi connectivity index (χ2v) is 3.85. The molecule has 1 rings (SSSR count). The summed E-state index contributed by atoms with van der Waals surface area (Å²) in [4.78, 5) is 22.7. The number of benzene rings is 1. The zero-order valence-electron chi connectivity index (χ0n) is 10.7. The molecule has 0 saturated heterocycles. The van der Waals surface area contributed by atoms with Crippen molar-refractivity contribution in [1.29, 1.82) is 5.26 Å². The Kier molecular flexibility index (Phi) is 5.89. The van der Waals surface area contributed by atoms with Crippen LogP contribution in [0.3, 0.4) is 0 Å². The Morgan fingerprint density at radius 2 is 1.89 bits per heavy atom. The van der Waals surface area contributed by atoms with Crippen molar-refractivity contribution in [2.75, 3.05) is 18.4 Å². The first kappa shape index (κ1) is 14.5. The van der Waals surface area contributed by atoms with Crippen molar-refractivity contribution in [3.8, 4) is 6.07 Å². The second-order valence-electron chi connectivity index (χ2n) is 3.85. The third-order valence-corrected chi connectivity index (χ3v) is 2.25. The van der Waals surface area contributed by atoms with Gasteiger partial charge in [-0.15, -0.1) is 0 Å². The number of nitrogens with zero attached hydrogens (tertiary/aromatic N) is 1. The molecule has 0 saturated carbocycles. The number of hydrogen-bond donors (Lipinski definition) is 3. The van der Waals surface area contributed by atoms with Crippen LogP contribution in [0, 0.1) is 11.3 Å². The largest absolute Gasteiger partial charge is 0.355 e. The average molecular weight is 260 g/mol. The Balaban J connectivity index is 2.34. The van der Waals surface area contributed by atoms with Gasteiger partial charge in [0.05, 0.1) is 18.2 Å². The summed E-state index contributed by atoms with van der Waals surface area (Å²) in [7, 11) is 0. The van der Waals surface area contributed by atoms with E-state index in [0.29, 0.717) is 17.8 Å². The smallest absolute Gasteiger partial charge is 0.319 e. The third-order valence-electron chi connectivity index (χ3n) is 2.25. The zero-order chi connectivity index (χ0) is 14.1. The van der Waals surface area contributed by atoms with E-state index < -0.39 is 6.03 Å². The van der Waals surface area contributed by atoms with Crippen LogP contribution >= 0.6 is 0 Å². The fourth-order valence-corrected chi connectivity index (χ4v) is 1.29. The summed E-state index contributed by atoms with van der Waals surface area (Å²) in [5.41, 5.74) is 1.08. The lowest BCUT2D eigenvalue weighted by molar-refractivity contribution is -0.120. The van der Waals surface area contributed by atoms with E-state index in [0.717, 1.165) is 6.42 Å². The monoisotopic (exact) mass is 260 g/mol. The molecule has 6 heteroatoms. The van der Waals surface area contributed by atoms with Gasteiger partial charge in [-0.25, -0.2) is 4.79 Å². The van der Waals surface area contributed by atoms with Crippen molar-refractivity contribution >= 4 is 17.6 Å². The van der Waals surface area contributed by atoms with Gasteiger partial charge in [0.15, 0.2) is 0 Å². The summed E-state index contributed by atoms with van der Waals surface area (Å²) in [5.74, 6) is -0.225. The zero-order valence-corrected chi connectivity index (χ0v) is 10.7. The number of hydrogen-bond acceptors (Lipinski definition) is 3.